The number of hydrogen-bond acceptors (Lipinski definition) is 5. The van der Waals surface area contributed by atoms with Crippen LogP contribution in [0.15, 0.2) is 34.9 Å². The largest absolute Gasteiger partial charge is 0.496 e. The van der Waals surface area contributed by atoms with Crippen LogP contribution < -0.4 is 10.1 Å². The summed E-state index contributed by atoms with van der Waals surface area (Å²) in [7, 11) is 1.57. The van der Waals surface area contributed by atoms with Gasteiger partial charge in [-0.3, -0.25) is 9.59 Å². The normalized spacial score (nSPS) is 10.2. The highest BCUT2D eigenvalue weighted by Gasteiger charge is 2.17. The predicted molar refractivity (Wildman–Crippen MR) is 84.0 cm³/mol. The summed E-state index contributed by atoms with van der Waals surface area (Å²) in [6.45, 7) is 3.35. The second-order valence-corrected chi connectivity index (χ2v) is 5.06. The van der Waals surface area contributed by atoms with Crippen LogP contribution in [-0.2, 0) is 16.1 Å². The van der Waals surface area contributed by atoms with Gasteiger partial charge in [-0.15, -0.1) is 0 Å². The van der Waals surface area contributed by atoms with Gasteiger partial charge in [0, 0.05) is 25.1 Å². The second-order valence-electron chi connectivity index (χ2n) is 5.06. The Bertz CT molecular complexity index is 696. The number of benzene rings is 1. The monoisotopic (exact) mass is 317 g/mol. The van der Waals surface area contributed by atoms with Gasteiger partial charge in [-0.25, -0.2) is 0 Å². The Morgan fingerprint density at radius 2 is 2.09 bits per heavy atom. The molecule has 0 saturated heterocycles. The van der Waals surface area contributed by atoms with Crippen molar-refractivity contribution < 1.29 is 18.8 Å². The summed E-state index contributed by atoms with van der Waals surface area (Å²) >= 11 is 0. The first-order chi connectivity index (χ1) is 11.0. The number of hydrogen-bond donors (Lipinski definition) is 1. The molecule has 2 aromatic rings. The van der Waals surface area contributed by atoms with Crippen molar-refractivity contribution >= 4 is 17.6 Å². The quantitative estimate of drug-likeness (QED) is 0.880. The lowest BCUT2D eigenvalue weighted by molar-refractivity contribution is -0.133. The van der Waals surface area contributed by atoms with Gasteiger partial charge in [-0.05, 0) is 13.0 Å². The molecule has 0 radical (unpaired) electrons. The lowest BCUT2D eigenvalue weighted by Crippen LogP contribution is -2.36. The zero-order chi connectivity index (χ0) is 16.8. The molecule has 2 amide bonds. The Kier molecular flexibility index (Phi) is 5.35. The highest BCUT2D eigenvalue weighted by Crippen LogP contribution is 2.19. The molecule has 0 spiro atoms. The van der Waals surface area contributed by atoms with E-state index in [9.17, 15) is 9.59 Å². The zero-order valence-corrected chi connectivity index (χ0v) is 13.3. The first kappa shape index (κ1) is 16.5. The number of rotatable bonds is 6. The molecule has 0 saturated carbocycles. The van der Waals surface area contributed by atoms with Crippen molar-refractivity contribution in [3.8, 4) is 5.75 Å². The molecule has 23 heavy (non-hydrogen) atoms. The van der Waals surface area contributed by atoms with E-state index in [2.05, 4.69) is 10.5 Å². The molecule has 0 aliphatic carbocycles. The maximum Gasteiger partial charge on any atom is 0.245 e. The van der Waals surface area contributed by atoms with E-state index < -0.39 is 0 Å². The van der Waals surface area contributed by atoms with Gasteiger partial charge < -0.3 is 19.5 Å². The lowest BCUT2D eigenvalue weighted by atomic mass is 10.2. The topological polar surface area (TPSA) is 84.7 Å². The molecule has 1 aromatic carbocycles. The van der Waals surface area contributed by atoms with Crippen molar-refractivity contribution in [2.75, 3.05) is 19.0 Å². The van der Waals surface area contributed by atoms with Crippen molar-refractivity contribution in [1.82, 2.24) is 10.1 Å². The van der Waals surface area contributed by atoms with Crippen LogP contribution in [0.2, 0.25) is 0 Å². The minimum Gasteiger partial charge on any atom is -0.496 e. The summed E-state index contributed by atoms with van der Waals surface area (Å²) in [6.07, 6.45) is 0. The second kappa shape index (κ2) is 7.44. The molecule has 1 heterocycles. The Morgan fingerprint density at radius 3 is 2.70 bits per heavy atom. The highest BCUT2D eigenvalue weighted by atomic mass is 16.5. The van der Waals surface area contributed by atoms with E-state index >= 15 is 0 Å². The minimum atomic E-state index is -0.344. The molecule has 1 N–H and O–H groups in total. The van der Waals surface area contributed by atoms with Crippen molar-refractivity contribution in [3.63, 3.8) is 0 Å². The van der Waals surface area contributed by atoms with Crippen LogP contribution in [0.25, 0.3) is 0 Å². The van der Waals surface area contributed by atoms with Crippen molar-refractivity contribution in [1.29, 1.82) is 0 Å². The fourth-order valence-electron chi connectivity index (χ4n) is 2.10. The fraction of sp³-hybridized carbons (Fsp3) is 0.312. The van der Waals surface area contributed by atoms with Crippen LogP contribution >= 0.6 is 0 Å². The summed E-state index contributed by atoms with van der Waals surface area (Å²) < 4.78 is 10.2. The van der Waals surface area contributed by atoms with Gasteiger partial charge in [0.15, 0.2) is 5.82 Å². The predicted octanol–water partition coefficient (Wildman–Crippen LogP) is 1.98. The Morgan fingerprint density at radius 1 is 1.35 bits per heavy atom. The van der Waals surface area contributed by atoms with E-state index in [4.69, 9.17) is 9.26 Å². The molecule has 0 unspecified atom stereocenters. The van der Waals surface area contributed by atoms with Crippen molar-refractivity contribution in [2.45, 2.75) is 20.4 Å². The summed E-state index contributed by atoms with van der Waals surface area (Å²) in [4.78, 5) is 25.3. The molecule has 2 rings (SSSR count). The number of methoxy groups -OCH3 is 1. The number of aromatic nitrogens is 1. The number of nitrogens with zero attached hydrogens (tertiary/aromatic N) is 2. The molecular weight excluding hydrogens is 298 g/mol. The molecule has 0 aliphatic rings. The Labute approximate surface area is 134 Å². The van der Waals surface area contributed by atoms with E-state index in [1.807, 2.05) is 24.3 Å². The number of amides is 2. The fourth-order valence-corrected chi connectivity index (χ4v) is 2.10. The van der Waals surface area contributed by atoms with Crippen molar-refractivity contribution in [3.05, 3.63) is 41.7 Å². The number of para-hydroxylation sites is 1. The third-order valence-corrected chi connectivity index (χ3v) is 3.23. The van der Waals surface area contributed by atoms with Crippen LogP contribution in [-0.4, -0.2) is 35.5 Å². The number of nitrogens with one attached hydrogen (secondary N) is 1. The van der Waals surface area contributed by atoms with Crippen LogP contribution in [0.1, 0.15) is 18.2 Å². The standard InChI is InChI=1S/C16H19N3O4/c1-11-8-15(18-23-11)17-16(21)10-19(12(2)20)9-13-6-4-5-7-14(13)22-3/h4-8H,9-10H2,1-3H3,(H,17,18,21). The summed E-state index contributed by atoms with van der Waals surface area (Å²) in [5, 5.41) is 6.28. The average Bonchev–Trinajstić information content (AvgIpc) is 2.92. The molecule has 7 heteroatoms. The number of carbonyl (C=O) groups excluding carboxylic acids is 2. The Balaban J connectivity index is 2.03. The third kappa shape index (κ3) is 4.57. The number of aryl methyl sites for hydroxylation is 1. The molecule has 0 aliphatic heterocycles. The average molecular weight is 317 g/mol. The van der Waals surface area contributed by atoms with Crippen LogP contribution in [0.5, 0.6) is 5.75 Å². The molecular formula is C16H19N3O4. The molecule has 0 bridgehead atoms. The lowest BCUT2D eigenvalue weighted by Gasteiger charge is -2.21. The maximum absolute atomic E-state index is 12.1. The highest BCUT2D eigenvalue weighted by molar-refractivity contribution is 5.93. The Hall–Kier alpha value is -2.83. The van der Waals surface area contributed by atoms with Crippen LogP contribution in [0.3, 0.4) is 0 Å². The van der Waals surface area contributed by atoms with E-state index in [-0.39, 0.29) is 24.9 Å². The minimum absolute atomic E-state index is 0.0840. The first-order valence-electron chi connectivity index (χ1n) is 7.10. The first-order valence-corrected chi connectivity index (χ1v) is 7.10. The van der Waals surface area contributed by atoms with E-state index in [0.29, 0.717) is 17.3 Å². The summed E-state index contributed by atoms with van der Waals surface area (Å²) in [5.41, 5.74) is 0.829. The van der Waals surface area contributed by atoms with Gasteiger partial charge in [0.1, 0.15) is 18.1 Å². The van der Waals surface area contributed by atoms with E-state index in [1.54, 1.807) is 20.1 Å². The van der Waals surface area contributed by atoms with Gasteiger partial charge >= 0.3 is 0 Å². The van der Waals surface area contributed by atoms with Gasteiger partial charge in [0.2, 0.25) is 11.8 Å². The summed E-state index contributed by atoms with van der Waals surface area (Å²) in [6, 6.07) is 8.98. The SMILES string of the molecule is COc1ccccc1CN(CC(=O)Nc1cc(C)on1)C(C)=O. The van der Waals surface area contributed by atoms with E-state index in [1.165, 1.54) is 11.8 Å². The molecule has 122 valence electrons. The number of carbonyl (C=O) groups is 2. The molecule has 0 fully saturated rings. The van der Waals surface area contributed by atoms with Crippen LogP contribution in [0.4, 0.5) is 5.82 Å². The van der Waals surface area contributed by atoms with Gasteiger partial charge in [-0.2, -0.15) is 0 Å². The van der Waals surface area contributed by atoms with Gasteiger partial charge in [-0.1, -0.05) is 23.4 Å². The number of ether oxygens (including phenoxy) is 1. The number of anilines is 1. The zero-order valence-electron chi connectivity index (χ0n) is 13.3. The summed E-state index contributed by atoms with van der Waals surface area (Å²) in [5.74, 6) is 1.04. The third-order valence-electron chi connectivity index (χ3n) is 3.23. The van der Waals surface area contributed by atoms with Crippen molar-refractivity contribution in [2.24, 2.45) is 0 Å². The van der Waals surface area contributed by atoms with E-state index in [0.717, 1.165) is 5.56 Å². The molecule has 1 aromatic heterocycles. The van der Waals surface area contributed by atoms with Crippen LogP contribution in [0, 0.1) is 6.92 Å². The van der Waals surface area contributed by atoms with Gasteiger partial charge in [0.25, 0.3) is 0 Å². The van der Waals surface area contributed by atoms with Gasteiger partial charge in [0.05, 0.1) is 7.11 Å². The molecule has 0 atom stereocenters. The maximum atomic E-state index is 12.1. The molecule has 7 nitrogen and oxygen atoms in total. The smallest absolute Gasteiger partial charge is 0.245 e.